The molecule has 4 nitrogen and oxygen atoms in total. The van der Waals surface area contributed by atoms with Crippen molar-refractivity contribution in [1.29, 1.82) is 0 Å². The van der Waals surface area contributed by atoms with E-state index < -0.39 is 11.9 Å². The first-order valence-electron chi connectivity index (χ1n) is 12.1. The van der Waals surface area contributed by atoms with E-state index in [1.54, 1.807) is 0 Å². The highest BCUT2D eigenvalue weighted by Gasteiger charge is 2.03. The lowest BCUT2D eigenvalue weighted by Gasteiger charge is -2.10. The molecule has 0 aromatic heterocycles. The number of unbranched alkanes of at least 4 members (excludes halogenated alkanes) is 12. The van der Waals surface area contributed by atoms with Crippen LogP contribution in [0.2, 0.25) is 0 Å². The van der Waals surface area contributed by atoms with Gasteiger partial charge in [0.2, 0.25) is 0 Å². The number of rotatable bonds is 20. The molecular weight excluding hydrogens is 376 g/mol. The zero-order valence-corrected chi connectivity index (χ0v) is 18.7. The summed E-state index contributed by atoms with van der Waals surface area (Å²) >= 11 is 0. The molecule has 0 radical (unpaired) electrons. The van der Waals surface area contributed by atoms with Gasteiger partial charge in [0.25, 0.3) is 0 Å². The number of carboxylic acid groups (broad SMARTS) is 2. The minimum absolute atomic E-state index is 0.309. The van der Waals surface area contributed by atoms with Crippen LogP contribution in [0.15, 0.2) is 24.3 Å². The second kappa shape index (κ2) is 18.0. The van der Waals surface area contributed by atoms with Gasteiger partial charge in [-0.1, -0.05) is 88.5 Å². The van der Waals surface area contributed by atoms with Crippen molar-refractivity contribution in [3.05, 3.63) is 35.4 Å². The summed E-state index contributed by atoms with van der Waals surface area (Å²) in [4.78, 5) is 21.0. The normalized spacial score (nSPS) is 10.9. The predicted octanol–water partition coefficient (Wildman–Crippen LogP) is 7.18. The third kappa shape index (κ3) is 15.1. The second-order valence-electron chi connectivity index (χ2n) is 8.51. The van der Waals surface area contributed by atoms with Crippen LogP contribution >= 0.6 is 0 Å². The largest absolute Gasteiger partial charge is 0.481 e. The highest BCUT2D eigenvalue weighted by Crippen LogP contribution is 2.18. The maximum absolute atomic E-state index is 10.5. The highest BCUT2D eigenvalue weighted by atomic mass is 16.4. The smallest absolute Gasteiger partial charge is 0.303 e. The SMILES string of the molecule is O=C(O)CCCCCCCCCc1ccccc1CCCCCCCCCC(=O)O. The van der Waals surface area contributed by atoms with Gasteiger partial charge in [-0.2, -0.15) is 0 Å². The molecule has 0 fully saturated rings. The molecule has 0 spiro atoms. The van der Waals surface area contributed by atoms with E-state index in [4.69, 9.17) is 10.2 Å². The van der Waals surface area contributed by atoms with Gasteiger partial charge in [0.15, 0.2) is 0 Å². The van der Waals surface area contributed by atoms with Crippen molar-refractivity contribution in [2.45, 2.75) is 116 Å². The van der Waals surface area contributed by atoms with E-state index in [0.29, 0.717) is 12.8 Å². The number of aliphatic carboxylic acids is 2. The Bertz CT molecular complexity index is 531. The van der Waals surface area contributed by atoms with Crippen molar-refractivity contribution < 1.29 is 19.8 Å². The monoisotopic (exact) mass is 418 g/mol. The quantitative estimate of drug-likeness (QED) is 0.220. The lowest BCUT2D eigenvalue weighted by molar-refractivity contribution is -0.138. The van der Waals surface area contributed by atoms with E-state index in [9.17, 15) is 9.59 Å². The highest BCUT2D eigenvalue weighted by molar-refractivity contribution is 5.66. The van der Waals surface area contributed by atoms with Gasteiger partial charge in [0, 0.05) is 12.8 Å². The molecule has 0 saturated carbocycles. The molecule has 4 heteroatoms. The van der Waals surface area contributed by atoms with Crippen molar-refractivity contribution in [2.24, 2.45) is 0 Å². The molecule has 2 N–H and O–H groups in total. The molecule has 0 aliphatic carbocycles. The summed E-state index contributed by atoms with van der Waals surface area (Å²) in [5, 5.41) is 17.3. The summed E-state index contributed by atoms with van der Waals surface area (Å²) in [6.45, 7) is 0. The van der Waals surface area contributed by atoms with Gasteiger partial charge in [0.05, 0.1) is 0 Å². The molecule has 170 valence electrons. The average Bonchev–Trinajstić information content (AvgIpc) is 2.71. The molecule has 0 amide bonds. The van der Waals surface area contributed by atoms with Crippen molar-refractivity contribution in [3.63, 3.8) is 0 Å². The standard InChI is InChI=1S/C26H42O4/c27-25(28)21-13-9-5-1-3-7-11-17-23-19-15-16-20-24(23)18-12-8-4-2-6-10-14-22-26(29)30/h15-16,19-20H,1-14,17-18,21-22H2,(H,27,28)(H,29,30). The second-order valence-corrected chi connectivity index (χ2v) is 8.51. The van der Waals surface area contributed by atoms with E-state index >= 15 is 0 Å². The Morgan fingerprint density at radius 2 is 0.800 bits per heavy atom. The van der Waals surface area contributed by atoms with Gasteiger partial charge >= 0.3 is 11.9 Å². The molecule has 1 aromatic carbocycles. The average molecular weight is 419 g/mol. The minimum atomic E-state index is -0.679. The molecule has 0 heterocycles. The Labute approximate surface area is 183 Å². The van der Waals surface area contributed by atoms with Gasteiger partial charge < -0.3 is 10.2 Å². The number of aryl methyl sites for hydroxylation is 2. The van der Waals surface area contributed by atoms with E-state index in [-0.39, 0.29) is 0 Å². The van der Waals surface area contributed by atoms with Crippen LogP contribution in [0, 0.1) is 0 Å². The van der Waals surface area contributed by atoms with Crippen LogP contribution < -0.4 is 0 Å². The maximum atomic E-state index is 10.5. The molecule has 0 unspecified atom stereocenters. The fraction of sp³-hybridized carbons (Fsp3) is 0.692. The number of carbonyl (C=O) groups is 2. The molecule has 0 aliphatic rings. The first kappa shape index (κ1) is 26.2. The Balaban J connectivity index is 2.06. The van der Waals surface area contributed by atoms with Crippen LogP contribution in [-0.4, -0.2) is 22.2 Å². The lowest BCUT2D eigenvalue weighted by atomic mass is 9.96. The zero-order valence-electron chi connectivity index (χ0n) is 18.7. The summed E-state index contributed by atoms with van der Waals surface area (Å²) in [6, 6.07) is 8.87. The Morgan fingerprint density at radius 1 is 0.500 bits per heavy atom. The third-order valence-corrected chi connectivity index (χ3v) is 5.79. The van der Waals surface area contributed by atoms with E-state index in [1.807, 2.05) is 0 Å². The Kier molecular flexibility index (Phi) is 15.7. The molecule has 0 bridgehead atoms. The number of benzene rings is 1. The van der Waals surface area contributed by atoms with Crippen LogP contribution in [-0.2, 0) is 22.4 Å². The van der Waals surface area contributed by atoms with Crippen molar-refractivity contribution in [1.82, 2.24) is 0 Å². The summed E-state index contributed by atoms with van der Waals surface area (Å²) in [5.74, 6) is -1.36. The number of carboxylic acids is 2. The fourth-order valence-electron chi connectivity index (χ4n) is 4.00. The summed E-state index contributed by atoms with van der Waals surface area (Å²) in [7, 11) is 0. The van der Waals surface area contributed by atoms with E-state index in [1.165, 1.54) is 75.3 Å². The van der Waals surface area contributed by atoms with Crippen molar-refractivity contribution in [2.75, 3.05) is 0 Å². The van der Waals surface area contributed by atoms with Crippen molar-refractivity contribution >= 4 is 11.9 Å². The van der Waals surface area contributed by atoms with Crippen LogP contribution in [0.25, 0.3) is 0 Å². The molecule has 0 aliphatic heterocycles. The van der Waals surface area contributed by atoms with Gasteiger partial charge in [-0.15, -0.1) is 0 Å². The number of hydrogen-bond donors (Lipinski definition) is 2. The third-order valence-electron chi connectivity index (χ3n) is 5.79. The lowest BCUT2D eigenvalue weighted by Crippen LogP contribution is -1.96. The van der Waals surface area contributed by atoms with E-state index in [2.05, 4.69) is 24.3 Å². The maximum Gasteiger partial charge on any atom is 0.303 e. The van der Waals surface area contributed by atoms with Crippen LogP contribution in [0.4, 0.5) is 0 Å². The molecule has 30 heavy (non-hydrogen) atoms. The van der Waals surface area contributed by atoms with Crippen molar-refractivity contribution in [3.8, 4) is 0 Å². The fourth-order valence-corrected chi connectivity index (χ4v) is 4.00. The van der Waals surface area contributed by atoms with Crippen LogP contribution in [0.3, 0.4) is 0 Å². The molecule has 1 aromatic rings. The summed E-state index contributed by atoms with van der Waals surface area (Å²) in [6.07, 6.45) is 18.9. The van der Waals surface area contributed by atoms with Gasteiger partial charge in [-0.05, 0) is 49.7 Å². The summed E-state index contributed by atoms with van der Waals surface area (Å²) in [5.41, 5.74) is 3.01. The minimum Gasteiger partial charge on any atom is -0.481 e. The predicted molar refractivity (Wildman–Crippen MR) is 123 cm³/mol. The Hall–Kier alpha value is -1.84. The Morgan fingerprint density at radius 3 is 1.13 bits per heavy atom. The van der Waals surface area contributed by atoms with Gasteiger partial charge in [0.1, 0.15) is 0 Å². The molecule has 0 atom stereocenters. The molecule has 0 saturated heterocycles. The van der Waals surface area contributed by atoms with Crippen LogP contribution in [0.5, 0.6) is 0 Å². The molecule has 1 rings (SSSR count). The summed E-state index contributed by atoms with van der Waals surface area (Å²) < 4.78 is 0. The number of hydrogen-bond acceptors (Lipinski definition) is 2. The zero-order chi connectivity index (χ0) is 21.9. The van der Waals surface area contributed by atoms with Gasteiger partial charge in [-0.3, -0.25) is 9.59 Å². The van der Waals surface area contributed by atoms with E-state index in [0.717, 1.165) is 38.5 Å². The topological polar surface area (TPSA) is 74.6 Å². The van der Waals surface area contributed by atoms with Gasteiger partial charge in [-0.25, -0.2) is 0 Å². The first-order chi connectivity index (χ1) is 14.6. The molecular formula is C26H42O4. The van der Waals surface area contributed by atoms with Crippen LogP contribution in [0.1, 0.15) is 114 Å². The first-order valence-corrected chi connectivity index (χ1v) is 12.1.